The summed E-state index contributed by atoms with van der Waals surface area (Å²) in [5, 5.41) is 0. The molecular weight excluding hydrogens is 250 g/mol. The summed E-state index contributed by atoms with van der Waals surface area (Å²) in [6.07, 6.45) is 2.08. The quantitative estimate of drug-likeness (QED) is 0.701. The van der Waals surface area contributed by atoms with E-state index in [1.165, 1.54) is 43.3 Å². The average Bonchev–Trinajstić information content (AvgIpc) is 3.32. The molecule has 1 nitrogen and oxygen atoms in total. The summed E-state index contributed by atoms with van der Waals surface area (Å²) < 4.78 is 0.875. The van der Waals surface area contributed by atoms with Gasteiger partial charge in [-0.25, -0.2) is 0 Å². The van der Waals surface area contributed by atoms with E-state index >= 15 is 0 Å². The SMILES string of the molecule is c1ccc([C]23[CH]4[CH]5[CH]6[CH]2[Fe]56432789[CH]3[CH]2[CH]7[CH]8[CH]39)nc1. The second-order valence-corrected chi connectivity index (χ2v) is 34.5. The van der Waals surface area contributed by atoms with Gasteiger partial charge in [0.25, 0.3) is 0 Å². The molecule has 4 unspecified atom stereocenters. The van der Waals surface area contributed by atoms with Crippen LogP contribution < -0.4 is 0 Å². The second-order valence-electron chi connectivity index (χ2n) is 10.9. The molecule has 10 aliphatic heterocycles. The van der Waals surface area contributed by atoms with Gasteiger partial charge in [0.1, 0.15) is 0 Å². The molecule has 10 fully saturated rings. The Labute approximate surface area is 89.3 Å². The number of nitrogens with zero attached hydrogens (tertiary/aromatic N) is 1. The van der Waals surface area contributed by atoms with Crippen molar-refractivity contribution in [3.05, 3.63) is 30.1 Å². The maximum atomic E-state index is 4.91. The van der Waals surface area contributed by atoms with Crippen LogP contribution in [0.1, 0.15) is 5.69 Å². The van der Waals surface area contributed by atoms with Gasteiger partial charge >= 0.3 is 89.2 Å². The van der Waals surface area contributed by atoms with Gasteiger partial charge in [-0.15, -0.1) is 0 Å². The van der Waals surface area contributed by atoms with Crippen LogP contribution in [0.3, 0.4) is 0 Å². The van der Waals surface area contributed by atoms with Crippen molar-refractivity contribution in [2.75, 3.05) is 0 Å². The first kappa shape index (κ1) is 5.75. The van der Waals surface area contributed by atoms with Crippen molar-refractivity contribution < 1.29 is 6.51 Å². The number of hydrogen-bond acceptors (Lipinski definition) is 1. The van der Waals surface area contributed by atoms with Gasteiger partial charge in [-0.3, -0.25) is 0 Å². The zero-order chi connectivity index (χ0) is 10.1. The topological polar surface area (TPSA) is 12.9 Å². The number of aromatic nitrogens is 1. The predicted molar refractivity (Wildman–Crippen MR) is 59.7 cm³/mol. The molecule has 0 saturated carbocycles. The maximum absolute atomic E-state index is 4.91. The first-order valence-electron chi connectivity index (χ1n) is 7.28. The number of rotatable bonds is 1. The zero-order valence-corrected chi connectivity index (χ0v) is 10.4. The third-order valence-electron chi connectivity index (χ3n) is 15.7. The third-order valence-corrected chi connectivity index (χ3v) is 58.1. The van der Waals surface area contributed by atoms with Crippen molar-refractivity contribution in [2.45, 2.75) is 47.7 Å². The Morgan fingerprint density at radius 3 is 1.88 bits per heavy atom. The van der Waals surface area contributed by atoms with Gasteiger partial charge in [0.05, 0.1) is 0 Å². The summed E-state index contributed by atoms with van der Waals surface area (Å²) in [5.41, 5.74) is 1.63. The van der Waals surface area contributed by atoms with Gasteiger partial charge in [0.15, 0.2) is 0 Å². The van der Waals surface area contributed by atoms with Crippen LogP contribution in [0.5, 0.6) is 0 Å². The van der Waals surface area contributed by atoms with Crippen LogP contribution in [0.25, 0.3) is 0 Å². The zero-order valence-electron chi connectivity index (χ0n) is 9.31. The molecule has 11 heterocycles. The molecule has 0 amide bonds. The Kier molecular flexibility index (Phi) is 0.156. The summed E-state index contributed by atoms with van der Waals surface area (Å²) in [5.74, 6) is 0. The molecule has 0 aliphatic carbocycles. The van der Waals surface area contributed by atoms with Crippen LogP contribution in [0.15, 0.2) is 24.4 Å². The summed E-state index contributed by atoms with van der Waals surface area (Å²) in [6.45, 7) is -2.87. The molecule has 86 valence electrons. The minimum atomic E-state index is -2.87. The van der Waals surface area contributed by atoms with E-state index in [1.54, 1.807) is 5.69 Å². The molecular formula is C15H13FeN. The Morgan fingerprint density at radius 2 is 1.53 bits per heavy atom. The van der Waals surface area contributed by atoms with Gasteiger partial charge in [0.2, 0.25) is 0 Å². The van der Waals surface area contributed by atoms with Crippen LogP contribution in [-0.4, -0.2) is 4.98 Å². The minimum absolute atomic E-state index is 0.875. The van der Waals surface area contributed by atoms with Crippen molar-refractivity contribution in [3.8, 4) is 0 Å². The van der Waals surface area contributed by atoms with Gasteiger partial charge in [-0.05, 0) is 0 Å². The molecule has 1 aromatic heterocycles. The average molecular weight is 263 g/mol. The number of hydrogen-bond donors (Lipinski definition) is 0. The van der Waals surface area contributed by atoms with E-state index in [4.69, 9.17) is 4.98 Å². The first-order valence-corrected chi connectivity index (χ1v) is 13.6. The van der Waals surface area contributed by atoms with Crippen molar-refractivity contribution in [2.24, 2.45) is 0 Å². The molecule has 4 atom stereocenters. The van der Waals surface area contributed by atoms with Crippen molar-refractivity contribution in [1.82, 2.24) is 4.98 Å². The van der Waals surface area contributed by atoms with Crippen molar-refractivity contribution in [3.63, 3.8) is 0 Å². The molecule has 0 aromatic carbocycles. The summed E-state index contributed by atoms with van der Waals surface area (Å²) in [6, 6.07) is 6.82. The molecule has 17 heavy (non-hydrogen) atoms. The van der Waals surface area contributed by atoms with E-state index < -0.39 is 6.51 Å². The second kappa shape index (κ2) is 0.459. The van der Waals surface area contributed by atoms with Crippen LogP contribution in [-0.2, 0) is 10.8 Å². The van der Waals surface area contributed by atoms with Crippen molar-refractivity contribution >= 4 is 0 Å². The first-order chi connectivity index (χ1) is 8.15. The molecule has 2 heteroatoms. The third kappa shape index (κ3) is 0.0570. The Balaban J connectivity index is 1.66. The van der Waals surface area contributed by atoms with E-state index in [2.05, 4.69) is 24.4 Å². The monoisotopic (exact) mass is 263 g/mol. The van der Waals surface area contributed by atoms with E-state index in [0.717, 1.165) is 4.31 Å². The fourth-order valence-electron chi connectivity index (χ4n) is 17.5. The molecule has 0 radical (unpaired) electrons. The van der Waals surface area contributed by atoms with Crippen LogP contribution in [0.4, 0.5) is 0 Å². The molecule has 1 aromatic rings. The summed E-state index contributed by atoms with van der Waals surface area (Å²) >= 11 is 0. The van der Waals surface area contributed by atoms with E-state index in [-0.39, 0.29) is 0 Å². The van der Waals surface area contributed by atoms with E-state index in [0.29, 0.717) is 0 Å². The molecule has 0 N–H and O–H groups in total. The van der Waals surface area contributed by atoms with E-state index in [9.17, 15) is 0 Å². The molecule has 10 saturated heterocycles. The van der Waals surface area contributed by atoms with Crippen LogP contribution >= 0.6 is 0 Å². The molecule has 11 rings (SSSR count). The Bertz CT molecular complexity index is 1020. The van der Waals surface area contributed by atoms with Gasteiger partial charge in [-0.1, -0.05) is 0 Å². The molecule has 1 spiro atoms. The fourth-order valence-corrected chi connectivity index (χ4v) is 91.5. The standard InChI is InChI=1S/C10H8N.C5H5.Fe/c1-2-6-9(5-1)10-7-3-4-8-11-10;1-2-4-5-3-1;/h1-8H;1-5H;. The number of pyridine rings is 1. The molecule has 0 bridgehead atoms. The van der Waals surface area contributed by atoms with Crippen molar-refractivity contribution in [1.29, 1.82) is 0 Å². The van der Waals surface area contributed by atoms with Crippen LogP contribution in [0.2, 0.25) is 43.3 Å². The summed E-state index contributed by atoms with van der Waals surface area (Å²) in [7, 11) is 0. The fraction of sp³-hybridized carbons (Fsp3) is 0.667. The van der Waals surface area contributed by atoms with Gasteiger partial charge in [-0.2, -0.15) is 0 Å². The molecule has 10 aliphatic rings. The Hall–Kier alpha value is -0.331. The summed E-state index contributed by atoms with van der Waals surface area (Å²) in [4.78, 5) is 17.7. The van der Waals surface area contributed by atoms with Gasteiger partial charge < -0.3 is 0 Å². The number of fused-ring (bicyclic) bond motifs is 10. The normalized spacial score (nSPS) is 119. The Morgan fingerprint density at radius 1 is 0.882 bits per heavy atom. The van der Waals surface area contributed by atoms with Crippen LogP contribution in [0, 0.1) is 0 Å². The van der Waals surface area contributed by atoms with Gasteiger partial charge in [0, 0.05) is 0 Å². The predicted octanol–water partition coefficient (Wildman–Crippen LogP) is 3.88. The van der Waals surface area contributed by atoms with E-state index in [1.807, 2.05) is 0 Å².